The first-order chi connectivity index (χ1) is 6.05. The molecule has 0 bridgehead atoms. The van der Waals surface area contributed by atoms with E-state index in [0.29, 0.717) is 0 Å². The maximum absolute atomic E-state index is 11.3. The second-order valence-corrected chi connectivity index (χ2v) is 3.08. The molecule has 5 heteroatoms. The second kappa shape index (κ2) is 3.27. The van der Waals surface area contributed by atoms with Crippen LogP contribution in [0.1, 0.15) is 24.3 Å². The molecule has 0 spiro atoms. The summed E-state index contributed by atoms with van der Waals surface area (Å²) in [6, 6.07) is 3.38. The van der Waals surface area contributed by atoms with Gasteiger partial charge in [-0.1, -0.05) is 5.16 Å². The Kier molecular flexibility index (Phi) is 2.33. The lowest BCUT2D eigenvalue weighted by Gasteiger charge is -2.15. The molecular formula is C8H9N3O2. The molecule has 13 heavy (non-hydrogen) atoms. The Balaban J connectivity index is 2.68. The van der Waals surface area contributed by atoms with Gasteiger partial charge in [-0.05, 0) is 13.8 Å². The van der Waals surface area contributed by atoms with Crippen LogP contribution in [0, 0.1) is 11.3 Å². The lowest BCUT2D eigenvalue weighted by Crippen LogP contribution is -2.42. The molecule has 5 nitrogen and oxygen atoms in total. The number of nitriles is 1. The number of hydrogen-bond donors (Lipinski definition) is 1. The molecule has 0 aliphatic heterocycles. The standard InChI is InChI=1S/C8H9N3O2/c1-8(2,5-9)10-7(12)6-3-4-13-11-6/h3-4H,1-2H3,(H,10,12). The zero-order valence-corrected chi connectivity index (χ0v) is 7.37. The Morgan fingerprint density at radius 3 is 2.92 bits per heavy atom. The van der Waals surface area contributed by atoms with Gasteiger partial charge in [0.2, 0.25) is 0 Å². The van der Waals surface area contributed by atoms with E-state index < -0.39 is 11.4 Å². The fourth-order valence-corrected chi connectivity index (χ4v) is 0.705. The van der Waals surface area contributed by atoms with E-state index in [1.54, 1.807) is 13.8 Å². The molecule has 0 unspecified atom stereocenters. The van der Waals surface area contributed by atoms with Crippen molar-refractivity contribution < 1.29 is 9.32 Å². The number of hydrogen-bond acceptors (Lipinski definition) is 4. The SMILES string of the molecule is CC(C)(C#N)NC(=O)c1ccon1. The van der Waals surface area contributed by atoms with Crippen LogP contribution in [0.4, 0.5) is 0 Å². The minimum Gasteiger partial charge on any atom is -0.364 e. The number of rotatable bonds is 2. The highest BCUT2D eigenvalue weighted by Crippen LogP contribution is 2.02. The Morgan fingerprint density at radius 1 is 1.77 bits per heavy atom. The predicted octanol–water partition coefficient (Wildman–Crippen LogP) is 0.707. The molecule has 0 atom stereocenters. The molecule has 0 saturated carbocycles. The smallest absolute Gasteiger partial charge is 0.274 e. The van der Waals surface area contributed by atoms with Crippen molar-refractivity contribution in [3.8, 4) is 6.07 Å². The van der Waals surface area contributed by atoms with Gasteiger partial charge >= 0.3 is 0 Å². The summed E-state index contributed by atoms with van der Waals surface area (Å²) in [4.78, 5) is 11.3. The molecule has 0 aromatic carbocycles. The summed E-state index contributed by atoms with van der Waals surface area (Å²) in [7, 11) is 0. The van der Waals surface area contributed by atoms with Crippen LogP contribution in [0.15, 0.2) is 16.9 Å². The maximum Gasteiger partial charge on any atom is 0.274 e. The van der Waals surface area contributed by atoms with Gasteiger partial charge in [0.25, 0.3) is 5.91 Å². The van der Waals surface area contributed by atoms with Crippen LogP contribution in [-0.2, 0) is 0 Å². The quantitative estimate of drug-likeness (QED) is 0.724. The lowest BCUT2D eigenvalue weighted by molar-refractivity contribution is 0.0920. The van der Waals surface area contributed by atoms with Gasteiger partial charge < -0.3 is 9.84 Å². The molecule has 68 valence electrons. The first kappa shape index (κ1) is 9.26. The molecule has 1 rings (SSSR count). The lowest BCUT2D eigenvalue weighted by atomic mass is 10.1. The highest BCUT2D eigenvalue weighted by molar-refractivity contribution is 5.92. The first-order valence-corrected chi connectivity index (χ1v) is 3.69. The summed E-state index contributed by atoms with van der Waals surface area (Å²) in [5.41, 5.74) is -0.723. The average Bonchev–Trinajstić information content (AvgIpc) is 2.55. The molecule has 1 aromatic rings. The van der Waals surface area contributed by atoms with Gasteiger partial charge in [-0.25, -0.2) is 0 Å². The van der Waals surface area contributed by atoms with Crippen LogP contribution in [0.2, 0.25) is 0 Å². The third kappa shape index (κ3) is 2.30. The monoisotopic (exact) mass is 179 g/mol. The van der Waals surface area contributed by atoms with E-state index in [-0.39, 0.29) is 5.69 Å². The van der Waals surface area contributed by atoms with Crippen LogP contribution in [0.3, 0.4) is 0 Å². The zero-order chi connectivity index (χ0) is 9.90. The number of nitrogens with zero attached hydrogens (tertiary/aromatic N) is 2. The Morgan fingerprint density at radius 2 is 2.46 bits per heavy atom. The van der Waals surface area contributed by atoms with E-state index in [0.717, 1.165) is 0 Å². The topological polar surface area (TPSA) is 78.9 Å². The van der Waals surface area contributed by atoms with Crippen LogP contribution in [0.25, 0.3) is 0 Å². The first-order valence-electron chi connectivity index (χ1n) is 3.69. The molecule has 1 heterocycles. The Labute approximate surface area is 75.3 Å². The summed E-state index contributed by atoms with van der Waals surface area (Å²) in [5, 5.41) is 14.6. The zero-order valence-electron chi connectivity index (χ0n) is 7.37. The van der Waals surface area contributed by atoms with E-state index in [2.05, 4.69) is 15.0 Å². The third-order valence-corrected chi connectivity index (χ3v) is 1.38. The molecular weight excluding hydrogens is 170 g/mol. The fourth-order valence-electron chi connectivity index (χ4n) is 0.705. The number of amides is 1. The van der Waals surface area contributed by atoms with Gasteiger partial charge in [0, 0.05) is 6.07 Å². The summed E-state index contributed by atoms with van der Waals surface area (Å²) in [6.45, 7) is 3.20. The number of nitrogens with one attached hydrogen (secondary N) is 1. The summed E-state index contributed by atoms with van der Waals surface area (Å²) < 4.78 is 4.49. The van der Waals surface area contributed by atoms with Crippen LogP contribution in [0.5, 0.6) is 0 Å². The molecule has 0 fully saturated rings. The minimum atomic E-state index is -0.893. The van der Waals surface area contributed by atoms with Gasteiger partial charge in [0.15, 0.2) is 5.69 Å². The van der Waals surface area contributed by atoms with E-state index >= 15 is 0 Å². The third-order valence-electron chi connectivity index (χ3n) is 1.38. The molecule has 1 N–H and O–H groups in total. The number of carbonyl (C=O) groups is 1. The van der Waals surface area contributed by atoms with E-state index in [9.17, 15) is 4.79 Å². The van der Waals surface area contributed by atoms with Crippen LogP contribution >= 0.6 is 0 Å². The largest absolute Gasteiger partial charge is 0.364 e. The van der Waals surface area contributed by atoms with Crippen molar-refractivity contribution in [1.29, 1.82) is 5.26 Å². The van der Waals surface area contributed by atoms with Gasteiger partial charge in [0.1, 0.15) is 11.8 Å². The van der Waals surface area contributed by atoms with Crippen LogP contribution < -0.4 is 5.32 Å². The van der Waals surface area contributed by atoms with Crippen molar-refractivity contribution in [3.63, 3.8) is 0 Å². The van der Waals surface area contributed by atoms with Gasteiger partial charge in [-0.3, -0.25) is 4.79 Å². The average molecular weight is 179 g/mol. The maximum atomic E-state index is 11.3. The van der Waals surface area contributed by atoms with Gasteiger partial charge in [-0.15, -0.1) is 0 Å². The molecule has 0 aliphatic rings. The fraction of sp³-hybridized carbons (Fsp3) is 0.375. The minimum absolute atomic E-state index is 0.170. The molecule has 1 amide bonds. The summed E-state index contributed by atoms with van der Waals surface area (Å²) in [6.07, 6.45) is 1.30. The molecule has 0 radical (unpaired) electrons. The Hall–Kier alpha value is -1.83. The van der Waals surface area contributed by atoms with Gasteiger partial charge in [-0.2, -0.15) is 5.26 Å². The van der Waals surface area contributed by atoms with Crippen molar-refractivity contribution in [1.82, 2.24) is 10.5 Å². The van der Waals surface area contributed by atoms with Crippen molar-refractivity contribution >= 4 is 5.91 Å². The number of carbonyl (C=O) groups excluding carboxylic acids is 1. The molecule has 1 aromatic heterocycles. The molecule has 0 saturated heterocycles. The van der Waals surface area contributed by atoms with Crippen molar-refractivity contribution in [2.45, 2.75) is 19.4 Å². The Bertz CT molecular complexity index is 335. The predicted molar refractivity (Wildman–Crippen MR) is 43.7 cm³/mol. The normalized spacial score (nSPS) is 10.5. The highest BCUT2D eigenvalue weighted by atomic mass is 16.5. The summed E-state index contributed by atoms with van der Waals surface area (Å²) >= 11 is 0. The second-order valence-electron chi connectivity index (χ2n) is 3.08. The van der Waals surface area contributed by atoms with Gasteiger partial charge in [0.05, 0.1) is 6.07 Å². The van der Waals surface area contributed by atoms with Crippen LogP contribution in [-0.4, -0.2) is 16.6 Å². The highest BCUT2D eigenvalue weighted by Gasteiger charge is 2.21. The van der Waals surface area contributed by atoms with E-state index in [4.69, 9.17) is 5.26 Å². The van der Waals surface area contributed by atoms with E-state index in [1.807, 2.05) is 6.07 Å². The van der Waals surface area contributed by atoms with Crippen molar-refractivity contribution in [2.75, 3.05) is 0 Å². The summed E-state index contributed by atoms with van der Waals surface area (Å²) in [5.74, 6) is -0.416. The van der Waals surface area contributed by atoms with E-state index in [1.165, 1.54) is 12.3 Å². The van der Waals surface area contributed by atoms with Crippen molar-refractivity contribution in [2.24, 2.45) is 0 Å². The number of aromatic nitrogens is 1. The van der Waals surface area contributed by atoms with Crippen molar-refractivity contribution in [3.05, 3.63) is 18.0 Å². The molecule has 0 aliphatic carbocycles.